The van der Waals surface area contributed by atoms with Gasteiger partial charge in [-0.2, -0.15) is 0 Å². The van der Waals surface area contributed by atoms with Gasteiger partial charge in [-0.15, -0.1) is 0 Å². The smallest absolute Gasteiger partial charge is 0.264 e. The van der Waals surface area contributed by atoms with Crippen LogP contribution in [0.15, 0.2) is 95.9 Å². The summed E-state index contributed by atoms with van der Waals surface area (Å²) >= 11 is 25.4. The van der Waals surface area contributed by atoms with Crippen molar-refractivity contribution in [1.82, 2.24) is 10.2 Å². The first-order valence-corrected chi connectivity index (χ1v) is 17.5. The van der Waals surface area contributed by atoms with Gasteiger partial charge >= 0.3 is 0 Å². The number of nitrogens with one attached hydrogen (secondary N) is 1. The molecule has 0 aromatic heterocycles. The molecule has 0 radical (unpaired) electrons. The van der Waals surface area contributed by atoms with Crippen LogP contribution in [0.3, 0.4) is 0 Å². The summed E-state index contributed by atoms with van der Waals surface area (Å²) in [5, 5.41) is 3.59. The number of halogens is 4. The molecule has 0 spiro atoms. The molecule has 0 heterocycles. The van der Waals surface area contributed by atoms with E-state index in [9.17, 15) is 18.0 Å². The number of nitrogens with zero attached hydrogens (tertiary/aromatic N) is 2. The number of hydrogen-bond donors (Lipinski definition) is 1. The molecule has 1 N–H and O–H groups in total. The second-order valence-corrected chi connectivity index (χ2v) is 14.1. The predicted molar refractivity (Wildman–Crippen MR) is 186 cm³/mol. The van der Waals surface area contributed by atoms with Crippen LogP contribution in [0.2, 0.25) is 20.1 Å². The van der Waals surface area contributed by atoms with Crippen molar-refractivity contribution in [1.29, 1.82) is 0 Å². The van der Waals surface area contributed by atoms with Crippen LogP contribution in [0.25, 0.3) is 0 Å². The monoisotopic (exact) mass is 719 g/mol. The number of rotatable bonds is 13. The third-order valence-electron chi connectivity index (χ3n) is 7.25. The van der Waals surface area contributed by atoms with E-state index in [1.54, 1.807) is 36.4 Å². The Kier molecular flexibility index (Phi) is 12.4. The number of anilines is 1. The van der Waals surface area contributed by atoms with E-state index < -0.39 is 28.5 Å². The predicted octanol–water partition coefficient (Wildman–Crippen LogP) is 7.97. The lowest BCUT2D eigenvalue weighted by Gasteiger charge is -2.34. The summed E-state index contributed by atoms with van der Waals surface area (Å²) in [6.07, 6.45) is 0.854. The summed E-state index contributed by atoms with van der Waals surface area (Å²) in [6, 6.07) is 24.0. The lowest BCUT2D eigenvalue weighted by atomic mass is 10.0. The van der Waals surface area contributed by atoms with Gasteiger partial charge in [-0.1, -0.05) is 113 Å². The SMILES string of the molecule is CCCNC(=O)[C@@H](Cc1ccccc1)N(Cc1ccc(Cl)c(Cl)c1)C(=O)CN(c1cccc(Cl)c1Cl)S(=O)(=O)c1ccc(C)cc1. The Labute approximate surface area is 290 Å². The van der Waals surface area contributed by atoms with Gasteiger partial charge in [0.1, 0.15) is 12.6 Å². The summed E-state index contributed by atoms with van der Waals surface area (Å²) in [5.74, 6) is -1.03. The first-order valence-electron chi connectivity index (χ1n) is 14.5. The molecule has 7 nitrogen and oxygen atoms in total. The summed E-state index contributed by atoms with van der Waals surface area (Å²) in [5.41, 5.74) is 2.29. The maximum Gasteiger partial charge on any atom is 0.264 e. The summed E-state index contributed by atoms with van der Waals surface area (Å²) in [7, 11) is -4.34. The van der Waals surface area contributed by atoms with Crippen LogP contribution in [-0.4, -0.2) is 44.3 Å². The zero-order valence-electron chi connectivity index (χ0n) is 25.2. The number of aryl methyl sites for hydroxylation is 1. The minimum Gasteiger partial charge on any atom is -0.354 e. The number of carbonyl (C=O) groups excluding carboxylic acids is 2. The molecule has 0 unspecified atom stereocenters. The van der Waals surface area contributed by atoms with Crippen LogP contribution in [0.1, 0.15) is 30.0 Å². The first kappa shape index (κ1) is 35.6. The number of amides is 2. The van der Waals surface area contributed by atoms with Gasteiger partial charge in [0.05, 0.1) is 30.7 Å². The van der Waals surface area contributed by atoms with E-state index in [-0.39, 0.29) is 44.5 Å². The molecule has 0 saturated heterocycles. The molecule has 2 amide bonds. The van der Waals surface area contributed by atoms with Gasteiger partial charge in [0.25, 0.3) is 10.0 Å². The van der Waals surface area contributed by atoms with Crippen LogP contribution in [0.4, 0.5) is 5.69 Å². The molecule has 0 aliphatic heterocycles. The highest BCUT2D eigenvalue weighted by atomic mass is 35.5. The topological polar surface area (TPSA) is 86.8 Å². The number of benzene rings is 4. The van der Waals surface area contributed by atoms with E-state index in [0.29, 0.717) is 23.6 Å². The molecule has 4 aromatic rings. The highest BCUT2D eigenvalue weighted by Crippen LogP contribution is 2.36. The van der Waals surface area contributed by atoms with Crippen molar-refractivity contribution in [2.45, 2.75) is 44.2 Å². The molecule has 0 aliphatic rings. The summed E-state index contributed by atoms with van der Waals surface area (Å²) < 4.78 is 29.3. The van der Waals surface area contributed by atoms with Crippen LogP contribution in [0.5, 0.6) is 0 Å². The fourth-order valence-electron chi connectivity index (χ4n) is 4.79. The molecule has 0 aliphatic carbocycles. The number of hydrogen-bond acceptors (Lipinski definition) is 4. The highest BCUT2D eigenvalue weighted by Gasteiger charge is 2.35. The van der Waals surface area contributed by atoms with Gasteiger partial charge < -0.3 is 10.2 Å². The van der Waals surface area contributed by atoms with Crippen molar-refractivity contribution < 1.29 is 18.0 Å². The Balaban J connectivity index is 1.84. The van der Waals surface area contributed by atoms with Crippen LogP contribution >= 0.6 is 46.4 Å². The Morgan fingerprint density at radius 2 is 1.50 bits per heavy atom. The van der Waals surface area contributed by atoms with E-state index in [0.717, 1.165) is 15.4 Å². The van der Waals surface area contributed by atoms with E-state index in [1.807, 2.05) is 44.2 Å². The zero-order chi connectivity index (χ0) is 33.4. The molecule has 46 heavy (non-hydrogen) atoms. The minimum atomic E-state index is -4.34. The quantitative estimate of drug-likeness (QED) is 0.152. The van der Waals surface area contributed by atoms with Crippen LogP contribution in [0, 0.1) is 6.92 Å². The molecule has 0 bridgehead atoms. The molecule has 1 atom stereocenters. The van der Waals surface area contributed by atoms with Gasteiger partial charge in [-0.3, -0.25) is 13.9 Å². The summed E-state index contributed by atoms with van der Waals surface area (Å²) in [4.78, 5) is 29.6. The average Bonchev–Trinajstić information content (AvgIpc) is 3.04. The van der Waals surface area contributed by atoms with E-state index in [4.69, 9.17) is 46.4 Å². The normalized spacial score (nSPS) is 12.0. The maximum absolute atomic E-state index is 14.5. The lowest BCUT2D eigenvalue weighted by molar-refractivity contribution is -0.140. The Morgan fingerprint density at radius 1 is 0.804 bits per heavy atom. The van der Waals surface area contributed by atoms with Gasteiger partial charge in [0.2, 0.25) is 11.8 Å². The van der Waals surface area contributed by atoms with Crippen LogP contribution in [-0.2, 0) is 32.6 Å². The minimum absolute atomic E-state index is 0.0209. The largest absolute Gasteiger partial charge is 0.354 e. The highest BCUT2D eigenvalue weighted by molar-refractivity contribution is 7.92. The second kappa shape index (κ2) is 16.0. The molecule has 0 fully saturated rings. The molecule has 242 valence electrons. The van der Waals surface area contributed by atoms with Crippen molar-refractivity contribution in [3.05, 3.63) is 128 Å². The van der Waals surface area contributed by atoms with Gasteiger partial charge in [-0.05, 0) is 60.9 Å². The van der Waals surface area contributed by atoms with Crippen molar-refractivity contribution in [2.24, 2.45) is 0 Å². The number of carbonyl (C=O) groups is 2. The van der Waals surface area contributed by atoms with Gasteiger partial charge in [-0.25, -0.2) is 8.42 Å². The third kappa shape index (κ3) is 8.75. The first-order chi connectivity index (χ1) is 21.9. The standard InChI is InChI=1S/C34H33Cl4N3O4S/c1-3-18-39-34(43)31(20-24-8-5-4-6-9-24)40(21-25-14-17-27(35)29(37)19-25)32(42)22-41(30-11-7-10-28(36)33(30)38)46(44,45)26-15-12-23(2)13-16-26/h4-17,19,31H,3,18,20-22H2,1-2H3,(H,39,43)/t31-/m1/s1. The van der Waals surface area contributed by atoms with Crippen molar-refractivity contribution in [3.63, 3.8) is 0 Å². The number of sulfonamides is 1. The molecule has 4 rings (SSSR count). The average molecular weight is 722 g/mol. The fourth-order valence-corrected chi connectivity index (χ4v) is 6.98. The third-order valence-corrected chi connectivity index (χ3v) is 10.6. The van der Waals surface area contributed by atoms with E-state index >= 15 is 0 Å². The lowest BCUT2D eigenvalue weighted by Crippen LogP contribution is -2.53. The van der Waals surface area contributed by atoms with Gasteiger partial charge in [0, 0.05) is 19.5 Å². The second-order valence-electron chi connectivity index (χ2n) is 10.7. The van der Waals surface area contributed by atoms with E-state index in [2.05, 4.69) is 5.32 Å². The summed E-state index contributed by atoms with van der Waals surface area (Å²) in [6.45, 7) is 3.42. The Bertz CT molecular complexity index is 1790. The molecular formula is C34H33Cl4N3O4S. The van der Waals surface area contributed by atoms with E-state index in [1.165, 1.54) is 29.2 Å². The molecule has 4 aromatic carbocycles. The van der Waals surface area contributed by atoms with Crippen molar-refractivity contribution in [3.8, 4) is 0 Å². The van der Waals surface area contributed by atoms with Gasteiger partial charge in [0.15, 0.2) is 0 Å². The molecule has 12 heteroatoms. The molecule has 0 saturated carbocycles. The van der Waals surface area contributed by atoms with Crippen molar-refractivity contribution in [2.75, 3.05) is 17.4 Å². The maximum atomic E-state index is 14.5. The Morgan fingerprint density at radius 3 is 2.15 bits per heavy atom. The zero-order valence-corrected chi connectivity index (χ0v) is 29.1. The molecular weight excluding hydrogens is 688 g/mol. The van der Waals surface area contributed by atoms with Crippen molar-refractivity contribution >= 4 is 73.9 Å². The fraction of sp³-hybridized carbons (Fsp3) is 0.235. The van der Waals surface area contributed by atoms with Crippen LogP contribution < -0.4 is 9.62 Å². The Hall–Kier alpha value is -3.27.